The van der Waals surface area contributed by atoms with Crippen LogP contribution in [0.5, 0.6) is 0 Å². The maximum Gasteiger partial charge on any atom is 0.268 e. The number of aromatic nitrogens is 1. The van der Waals surface area contributed by atoms with Gasteiger partial charge in [-0.3, -0.25) is 0 Å². The summed E-state index contributed by atoms with van der Waals surface area (Å²) in [5.74, 6) is 0. The Morgan fingerprint density at radius 1 is 0.913 bits per heavy atom. The number of aryl methyl sites for hydroxylation is 1. The Balaban J connectivity index is 2.36. The Morgan fingerprint density at radius 2 is 1.52 bits per heavy atom. The molecule has 3 nitrogen and oxygen atoms in total. The predicted molar refractivity (Wildman–Crippen MR) is 94.4 cm³/mol. The summed E-state index contributed by atoms with van der Waals surface area (Å²) in [4.78, 5) is 0.315. The van der Waals surface area contributed by atoms with Crippen molar-refractivity contribution in [2.75, 3.05) is 0 Å². The SMILES string of the molecule is Cc1ccc(S(=O)(=O)n2c(C(C)(C)C)cc3ccccc32)cc1. The van der Waals surface area contributed by atoms with Crippen LogP contribution in [0.2, 0.25) is 0 Å². The third-order valence-corrected chi connectivity index (χ3v) is 5.74. The fourth-order valence-corrected chi connectivity index (χ4v) is 4.43. The van der Waals surface area contributed by atoms with Gasteiger partial charge < -0.3 is 0 Å². The second-order valence-electron chi connectivity index (χ2n) is 6.92. The van der Waals surface area contributed by atoms with E-state index < -0.39 is 10.0 Å². The van der Waals surface area contributed by atoms with Crippen LogP contribution >= 0.6 is 0 Å². The molecule has 0 bridgehead atoms. The predicted octanol–water partition coefficient (Wildman–Crippen LogP) is 4.48. The minimum Gasteiger partial charge on any atom is -0.237 e. The molecule has 0 unspecified atom stereocenters. The number of rotatable bonds is 2. The Bertz CT molecular complexity index is 959. The van der Waals surface area contributed by atoms with Crippen LogP contribution in [0.1, 0.15) is 32.0 Å². The number of para-hydroxylation sites is 1. The van der Waals surface area contributed by atoms with Gasteiger partial charge in [-0.15, -0.1) is 0 Å². The molecule has 0 aliphatic rings. The van der Waals surface area contributed by atoms with Crippen molar-refractivity contribution in [3.8, 4) is 0 Å². The van der Waals surface area contributed by atoms with Crippen molar-refractivity contribution in [2.24, 2.45) is 0 Å². The van der Waals surface area contributed by atoms with Crippen molar-refractivity contribution in [3.05, 3.63) is 65.9 Å². The quantitative estimate of drug-likeness (QED) is 0.696. The molecule has 0 aliphatic carbocycles. The molecule has 1 heterocycles. The Labute approximate surface area is 137 Å². The van der Waals surface area contributed by atoms with E-state index >= 15 is 0 Å². The van der Waals surface area contributed by atoms with Crippen LogP contribution in [-0.2, 0) is 15.4 Å². The molecule has 2 aromatic carbocycles. The molecule has 0 N–H and O–H groups in total. The smallest absolute Gasteiger partial charge is 0.237 e. The average molecular weight is 327 g/mol. The van der Waals surface area contributed by atoms with E-state index in [2.05, 4.69) is 0 Å². The van der Waals surface area contributed by atoms with Crippen LogP contribution in [0, 0.1) is 6.92 Å². The molecular weight excluding hydrogens is 306 g/mol. The van der Waals surface area contributed by atoms with Crippen molar-refractivity contribution < 1.29 is 8.42 Å². The van der Waals surface area contributed by atoms with Crippen molar-refractivity contribution >= 4 is 20.9 Å². The van der Waals surface area contributed by atoms with Gasteiger partial charge in [0.25, 0.3) is 10.0 Å². The second kappa shape index (κ2) is 5.24. The zero-order valence-corrected chi connectivity index (χ0v) is 14.7. The lowest BCUT2D eigenvalue weighted by Crippen LogP contribution is -2.23. The van der Waals surface area contributed by atoms with Crippen molar-refractivity contribution in [1.82, 2.24) is 3.97 Å². The van der Waals surface area contributed by atoms with E-state index in [9.17, 15) is 8.42 Å². The molecule has 3 rings (SSSR count). The lowest BCUT2D eigenvalue weighted by molar-refractivity contribution is 0.547. The van der Waals surface area contributed by atoms with Crippen LogP contribution in [0.25, 0.3) is 10.9 Å². The Hall–Kier alpha value is -2.07. The van der Waals surface area contributed by atoms with E-state index in [0.29, 0.717) is 4.90 Å². The molecule has 0 saturated heterocycles. The summed E-state index contributed by atoms with van der Waals surface area (Å²) in [6, 6.07) is 16.6. The molecule has 0 amide bonds. The Morgan fingerprint density at radius 3 is 2.13 bits per heavy atom. The zero-order chi connectivity index (χ0) is 16.8. The van der Waals surface area contributed by atoms with Crippen LogP contribution in [0.3, 0.4) is 0 Å². The number of fused-ring (bicyclic) bond motifs is 1. The van der Waals surface area contributed by atoms with E-state index in [0.717, 1.165) is 22.2 Å². The molecule has 0 saturated carbocycles. The first-order chi connectivity index (χ1) is 10.7. The van der Waals surface area contributed by atoms with Crippen molar-refractivity contribution in [1.29, 1.82) is 0 Å². The highest BCUT2D eigenvalue weighted by atomic mass is 32.2. The van der Waals surface area contributed by atoms with Crippen molar-refractivity contribution in [2.45, 2.75) is 38.0 Å². The highest BCUT2D eigenvalue weighted by molar-refractivity contribution is 7.90. The second-order valence-corrected chi connectivity index (χ2v) is 8.71. The molecule has 0 aliphatic heterocycles. The van der Waals surface area contributed by atoms with Gasteiger partial charge in [-0.1, -0.05) is 56.7 Å². The normalized spacial score (nSPS) is 12.7. The molecule has 3 aromatic rings. The zero-order valence-electron chi connectivity index (χ0n) is 13.9. The number of hydrogen-bond donors (Lipinski definition) is 0. The van der Waals surface area contributed by atoms with E-state index in [1.165, 1.54) is 3.97 Å². The molecule has 0 spiro atoms. The molecule has 120 valence electrons. The maximum atomic E-state index is 13.3. The first-order valence-corrected chi connectivity index (χ1v) is 9.08. The minimum atomic E-state index is -3.64. The first kappa shape index (κ1) is 15.8. The lowest BCUT2D eigenvalue weighted by Gasteiger charge is -2.22. The van der Waals surface area contributed by atoms with Gasteiger partial charge in [0.1, 0.15) is 0 Å². The van der Waals surface area contributed by atoms with Gasteiger partial charge in [-0.05, 0) is 31.2 Å². The van der Waals surface area contributed by atoms with E-state index in [-0.39, 0.29) is 5.41 Å². The monoisotopic (exact) mass is 327 g/mol. The fourth-order valence-electron chi connectivity index (χ4n) is 2.73. The molecule has 0 radical (unpaired) electrons. The summed E-state index contributed by atoms with van der Waals surface area (Å²) in [6.45, 7) is 8.04. The average Bonchev–Trinajstić information content (AvgIpc) is 2.88. The van der Waals surface area contributed by atoms with Gasteiger partial charge >= 0.3 is 0 Å². The van der Waals surface area contributed by atoms with E-state index in [1.807, 2.05) is 70.2 Å². The summed E-state index contributed by atoms with van der Waals surface area (Å²) in [5, 5.41) is 0.938. The van der Waals surface area contributed by atoms with Gasteiger partial charge in [-0.2, -0.15) is 0 Å². The van der Waals surface area contributed by atoms with Crippen LogP contribution < -0.4 is 0 Å². The summed E-state index contributed by atoms with van der Waals surface area (Å²) >= 11 is 0. The summed E-state index contributed by atoms with van der Waals surface area (Å²) in [5.41, 5.74) is 2.27. The maximum absolute atomic E-state index is 13.3. The topological polar surface area (TPSA) is 39.1 Å². The molecule has 23 heavy (non-hydrogen) atoms. The van der Waals surface area contributed by atoms with Crippen LogP contribution in [-0.4, -0.2) is 12.4 Å². The minimum absolute atomic E-state index is 0.281. The first-order valence-electron chi connectivity index (χ1n) is 7.64. The van der Waals surface area contributed by atoms with E-state index in [4.69, 9.17) is 0 Å². The molecule has 1 aromatic heterocycles. The number of benzene rings is 2. The van der Waals surface area contributed by atoms with Gasteiger partial charge in [0.05, 0.1) is 10.4 Å². The number of hydrogen-bond acceptors (Lipinski definition) is 2. The van der Waals surface area contributed by atoms with Gasteiger partial charge in [-0.25, -0.2) is 12.4 Å². The largest absolute Gasteiger partial charge is 0.268 e. The third-order valence-electron chi connectivity index (χ3n) is 3.99. The Kier molecular flexibility index (Phi) is 3.60. The summed E-state index contributed by atoms with van der Waals surface area (Å²) in [6.07, 6.45) is 0. The lowest BCUT2D eigenvalue weighted by atomic mass is 9.92. The molecular formula is C19H21NO2S. The van der Waals surface area contributed by atoms with Crippen LogP contribution in [0.15, 0.2) is 59.5 Å². The highest BCUT2D eigenvalue weighted by Crippen LogP contribution is 2.32. The summed E-state index contributed by atoms with van der Waals surface area (Å²) in [7, 11) is -3.64. The fraction of sp³-hybridized carbons (Fsp3) is 0.263. The standard InChI is InChI=1S/C19H21NO2S/c1-14-9-11-16(12-10-14)23(21,22)20-17-8-6-5-7-15(17)13-18(20)19(2,3)4/h5-13H,1-4H3. The van der Waals surface area contributed by atoms with E-state index in [1.54, 1.807) is 12.1 Å². The molecule has 0 fully saturated rings. The van der Waals surface area contributed by atoms with Gasteiger partial charge in [0.15, 0.2) is 0 Å². The summed E-state index contributed by atoms with van der Waals surface area (Å²) < 4.78 is 28.0. The third kappa shape index (κ3) is 2.68. The molecule has 4 heteroatoms. The highest BCUT2D eigenvalue weighted by Gasteiger charge is 2.28. The van der Waals surface area contributed by atoms with Crippen LogP contribution in [0.4, 0.5) is 0 Å². The number of nitrogens with zero attached hydrogens (tertiary/aromatic N) is 1. The molecule has 0 atom stereocenters. The van der Waals surface area contributed by atoms with Gasteiger partial charge in [0, 0.05) is 16.5 Å². The van der Waals surface area contributed by atoms with Gasteiger partial charge in [0.2, 0.25) is 0 Å². The van der Waals surface area contributed by atoms with Crippen molar-refractivity contribution in [3.63, 3.8) is 0 Å².